The van der Waals surface area contributed by atoms with Gasteiger partial charge in [0.2, 0.25) is 0 Å². The van der Waals surface area contributed by atoms with Gasteiger partial charge in [-0.15, -0.1) is 0 Å². The van der Waals surface area contributed by atoms with Gasteiger partial charge in [0, 0.05) is 24.2 Å². The van der Waals surface area contributed by atoms with Crippen LogP contribution in [0.25, 0.3) is 0 Å². The lowest BCUT2D eigenvalue weighted by Crippen LogP contribution is -2.28. The molecule has 0 bridgehead atoms. The molecule has 6 heteroatoms. The predicted octanol–water partition coefficient (Wildman–Crippen LogP) is -0.156. The van der Waals surface area contributed by atoms with Crippen LogP contribution in [0, 0.1) is 0 Å². The highest BCUT2D eigenvalue weighted by atomic mass is 16.2. The van der Waals surface area contributed by atoms with Gasteiger partial charge in [0.15, 0.2) is 0 Å². The standard InChI is InChI=1S/C14H22N4O2/c15-6-2-8-17-13(19)11-4-1-5-12(10-11)14(20)18-9-3-7-16/h1,4-5,10H,2-3,6-9,15-16H2,(H,17,19)(H,18,20). The Morgan fingerprint density at radius 2 is 1.35 bits per heavy atom. The number of carbonyl (C=O) groups excluding carboxylic acids is 2. The Bertz CT molecular complexity index is 411. The predicted molar refractivity (Wildman–Crippen MR) is 78.5 cm³/mol. The normalized spacial score (nSPS) is 10.1. The molecule has 0 aliphatic rings. The average molecular weight is 278 g/mol. The lowest BCUT2D eigenvalue weighted by molar-refractivity contribution is 0.0952. The summed E-state index contributed by atoms with van der Waals surface area (Å²) < 4.78 is 0. The highest BCUT2D eigenvalue weighted by Gasteiger charge is 2.09. The maximum Gasteiger partial charge on any atom is 0.251 e. The van der Waals surface area contributed by atoms with Gasteiger partial charge in [0.1, 0.15) is 0 Å². The van der Waals surface area contributed by atoms with E-state index >= 15 is 0 Å². The second kappa shape index (κ2) is 9.06. The van der Waals surface area contributed by atoms with Gasteiger partial charge in [0.05, 0.1) is 0 Å². The summed E-state index contributed by atoms with van der Waals surface area (Å²) in [5.41, 5.74) is 11.7. The molecule has 0 saturated heterocycles. The Morgan fingerprint density at radius 3 is 1.75 bits per heavy atom. The monoisotopic (exact) mass is 278 g/mol. The van der Waals surface area contributed by atoms with Gasteiger partial charge in [-0.2, -0.15) is 0 Å². The van der Waals surface area contributed by atoms with E-state index in [1.165, 1.54) is 0 Å². The largest absolute Gasteiger partial charge is 0.352 e. The van der Waals surface area contributed by atoms with Crippen molar-refractivity contribution in [1.29, 1.82) is 0 Å². The summed E-state index contributed by atoms with van der Waals surface area (Å²) in [5.74, 6) is -0.398. The Kier molecular flexibility index (Phi) is 7.31. The molecule has 0 saturated carbocycles. The van der Waals surface area contributed by atoms with Crippen LogP contribution in [-0.4, -0.2) is 38.0 Å². The Labute approximate surface area is 118 Å². The molecule has 0 heterocycles. The van der Waals surface area contributed by atoms with Crippen molar-refractivity contribution in [2.75, 3.05) is 26.2 Å². The second-order valence-corrected chi connectivity index (χ2v) is 4.38. The van der Waals surface area contributed by atoms with Crippen LogP contribution in [0.2, 0.25) is 0 Å². The highest BCUT2D eigenvalue weighted by molar-refractivity contribution is 5.99. The average Bonchev–Trinajstić information content (AvgIpc) is 2.47. The van der Waals surface area contributed by atoms with Crippen molar-refractivity contribution in [2.45, 2.75) is 12.8 Å². The van der Waals surface area contributed by atoms with Crippen LogP contribution < -0.4 is 22.1 Å². The van der Waals surface area contributed by atoms with Crippen LogP contribution in [0.3, 0.4) is 0 Å². The maximum atomic E-state index is 11.9. The molecule has 0 atom stereocenters. The van der Waals surface area contributed by atoms with Crippen LogP contribution in [0.5, 0.6) is 0 Å². The quantitative estimate of drug-likeness (QED) is 0.495. The maximum absolute atomic E-state index is 11.9. The molecular weight excluding hydrogens is 256 g/mol. The third-order valence-electron chi connectivity index (χ3n) is 2.72. The number of nitrogens with one attached hydrogen (secondary N) is 2. The van der Waals surface area contributed by atoms with Crippen molar-refractivity contribution in [3.05, 3.63) is 35.4 Å². The van der Waals surface area contributed by atoms with Gasteiger partial charge >= 0.3 is 0 Å². The van der Waals surface area contributed by atoms with Crippen LogP contribution >= 0.6 is 0 Å². The zero-order chi connectivity index (χ0) is 14.8. The van der Waals surface area contributed by atoms with Crippen molar-refractivity contribution in [3.63, 3.8) is 0 Å². The Balaban J connectivity index is 2.60. The first kappa shape index (κ1) is 16.1. The Hall–Kier alpha value is -1.92. The minimum Gasteiger partial charge on any atom is -0.352 e. The lowest BCUT2D eigenvalue weighted by atomic mass is 10.1. The molecule has 0 aliphatic carbocycles. The molecule has 0 unspecified atom stereocenters. The van der Waals surface area contributed by atoms with Crippen molar-refractivity contribution in [1.82, 2.24) is 10.6 Å². The first-order chi connectivity index (χ1) is 9.69. The van der Waals surface area contributed by atoms with E-state index in [4.69, 9.17) is 11.5 Å². The Morgan fingerprint density at radius 1 is 0.900 bits per heavy atom. The van der Waals surface area contributed by atoms with Crippen LogP contribution in [0.1, 0.15) is 33.6 Å². The van der Waals surface area contributed by atoms with E-state index in [1.54, 1.807) is 24.3 Å². The van der Waals surface area contributed by atoms with Gasteiger partial charge in [-0.3, -0.25) is 9.59 Å². The molecule has 1 rings (SSSR count). The van der Waals surface area contributed by atoms with E-state index in [2.05, 4.69) is 10.6 Å². The summed E-state index contributed by atoms with van der Waals surface area (Å²) in [6, 6.07) is 6.62. The SMILES string of the molecule is NCCCNC(=O)c1cccc(C(=O)NCCCN)c1. The number of amides is 2. The van der Waals surface area contributed by atoms with Crippen molar-refractivity contribution in [2.24, 2.45) is 11.5 Å². The van der Waals surface area contributed by atoms with Gasteiger partial charge in [-0.25, -0.2) is 0 Å². The minimum atomic E-state index is -0.199. The summed E-state index contributed by atoms with van der Waals surface area (Å²) >= 11 is 0. The molecule has 0 aromatic heterocycles. The van der Waals surface area contributed by atoms with Gasteiger partial charge in [-0.05, 0) is 44.1 Å². The molecule has 0 fully saturated rings. The van der Waals surface area contributed by atoms with E-state index in [-0.39, 0.29) is 11.8 Å². The summed E-state index contributed by atoms with van der Waals surface area (Å²) in [5, 5.41) is 5.50. The zero-order valence-corrected chi connectivity index (χ0v) is 11.5. The smallest absolute Gasteiger partial charge is 0.251 e. The van der Waals surface area contributed by atoms with E-state index in [0.717, 1.165) is 12.8 Å². The summed E-state index contributed by atoms with van der Waals surface area (Å²) in [4.78, 5) is 23.7. The summed E-state index contributed by atoms with van der Waals surface area (Å²) in [6.45, 7) is 2.12. The molecule has 6 N–H and O–H groups in total. The first-order valence-corrected chi connectivity index (χ1v) is 6.75. The second-order valence-electron chi connectivity index (χ2n) is 4.38. The van der Waals surface area contributed by atoms with Gasteiger partial charge in [-0.1, -0.05) is 6.07 Å². The number of carbonyl (C=O) groups is 2. The number of hydrogen-bond acceptors (Lipinski definition) is 4. The fourth-order valence-electron chi connectivity index (χ4n) is 1.61. The van der Waals surface area contributed by atoms with Crippen molar-refractivity contribution in [3.8, 4) is 0 Å². The topological polar surface area (TPSA) is 110 Å². The van der Waals surface area contributed by atoms with Crippen molar-refractivity contribution >= 4 is 11.8 Å². The third-order valence-corrected chi connectivity index (χ3v) is 2.72. The molecule has 20 heavy (non-hydrogen) atoms. The molecular formula is C14H22N4O2. The molecule has 1 aromatic rings. The number of benzene rings is 1. The fourth-order valence-corrected chi connectivity index (χ4v) is 1.61. The fraction of sp³-hybridized carbons (Fsp3) is 0.429. The van der Waals surface area contributed by atoms with Gasteiger partial charge < -0.3 is 22.1 Å². The molecule has 1 aromatic carbocycles. The first-order valence-electron chi connectivity index (χ1n) is 6.75. The van der Waals surface area contributed by atoms with E-state index < -0.39 is 0 Å². The summed E-state index contributed by atoms with van der Waals surface area (Å²) in [7, 11) is 0. The molecule has 110 valence electrons. The molecule has 0 radical (unpaired) electrons. The molecule has 0 aliphatic heterocycles. The molecule has 0 spiro atoms. The summed E-state index contributed by atoms with van der Waals surface area (Å²) in [6.07, 6.45) is 1.45. The van der Waals surface area contributed by atoms with Gasteiger partial charge in [0.25, 0.3) is 11.8 Å². The highest BCUT2D eigenvalue weighted by Crippen LogP contribution is 2.05. The van der Waals surface area contributed by atoms with Crippen LogP contribution in [-0.2, 0) is 0 Å². The molecule has 2 amide bonds. The number of nitrogens with two attached hydrogens (primary N) is 2. The number of hydrogen-bond donors (Lipinski definition) is 4. The number of rotatable bonds is 8. The minimum absolute atomic E-state index is 0.199. The van der Waals surface area contributed by atoms with E-state index in [0.29, 0.717) is 37.3 Å². The third kappa shape index (κ3) is 5.38. The van der Waals surface area contributed by atoms with Crippen LogP contribution in [0.4, 0.5) is 0 Å². The van der Waals surface area contributed by atoms with Crippen molar-refractivity contribution < 1.29 is 9.59 Å². The van der Waals surface area contributed by atoms with E-state index in [9.17, 15) is 9.59 Å². The van der Waals surface area contributed by atoms with Crippen LogP contribution in [0.15, 0.2) is 24.3 Å². The molecule has 6 nitrogen and oxygen atoms in total. The zero-order valence-electron chi connectivity index (χ0n) is 11.5. The van der Waals surface area contributed by atoms with E-state index in [1.807, 2.05) is 0 Å². The lowest BCUT2D eigenvalue weighted by Gasteiger charge is -2.07.